The Kier molecular flexibility index (Phi) is 2.50. The van der Waals surface area contributed by atoms with Crippen LogP contribution < -0.4 is 0 Å². The Morgan fingerprint density at radius 3 is 2.25 bits per heavy atom. The monoisotopic (exact) mass is 168 g/mol. The van der Waals surface area contributed by atoms with Crippen molar-refractivity contribution < 1.29 is 4.74 Å². The van der Waals surface area contributed by atoms with Gasteiger partial charge in [0.1, 0.15) is 5.60 Å². The third-order valence-corrected chi connectivity index (χ3v) is 1.42. The summed E-state index contributed by atoms with van der Waals surface area (Å²) in [6.07, 6.45) is 0. The predicted molar refractivity (Wildman–Crippen MR) is 51.1 cm³/mol. The zero-order valence-electron chi connectivity index (χ0n) is 8.22. The van der Waals surface area contributed by atoms with E-state index >= 15 is 0 Å². The highest BCUT2D eigenvalue weighted by atomic mass is 16.5. The van der Waals surface area contributed by atoms with Crippen molar-refractivity contribution in [2.75, 3.05) is 13.1 Å². The molecule has 68 valence electrons. The van der Waals surface area contributed by atoms with Gasteiger partial charge >= 0.3 is 0 Å². The second kappa shape index (κ2) is 3.25. The highest BCUT2D eigenvalue weighted by molar-refractivity contribution is 6.38. The molecule has 0 bridgehead atoms. The number of rotatable bonds is 0. The van der Waals surface area contributed by atoms with E-state index in [-0.39, 0.29) is 5.60 Å². The smallest absolute Gasteiger partial charge is 0.230 e. The second-order valence-electron chi connectivity index (χ2n) is 3.87. The molecule has 0 fully saturated rings. The van der Waals surface area contributed by atoms with E-state index in [9.17, 15) is 0 Å². The summed E-state index contributed by atoms with van der Waals surface area (Å²) >= 11 is 0. The number of hydrogen-bond donors (Lipinski definition) is 0. The molecule has 0 saturated heterocycles. The topological polar surface area (TPSA) is 34.0 Å². The molecule has 0 aliphatic carbocycles. The fourth-order valence-corrected chi connectivity index (χ4v) is 0.947. The Hall–Kier alpha value is -0.860. The van der Waals surface area contributed by atoms with Crippen molar-refractivity contribution in [3.8, 4) is 0 Å². The van der Waals surface area contributed by atoms with Crippen molar-refractivity contribution in [3.05, 3.63) is 0 Å². The van der Waals surface area contributed by atoms with Crippen molar-refractivity contribution in [3.63, 3.8) is 0 Å². The molecule has 0 aromatic rings. The Bertz CT molecular complexity index is 223. The van der Waals surface area contributed by atoms with Crippen LogP contribution in [-0.4, -0.2) is 30.3 Å². The molecule has 0 aromatic carbocycles. The van der Waals surface area contributed by atoms with Gasteiger partial charge < -0.3 is 4.74 Å². The van der Waals surface area contributed by atoms with E-state index in [2.05, 4.69) is 9.98 Å². The van der Waals surface area contributed by atoms with Crippen molar-refractivity contribution in [2.45, 2.75) is 33.3 Å². The van der Waals surface area contributed by atoms with Crippen LogP contribution >= 0.6 is 0 Å². The lowest BCUT2D eigenvalue weighted by atomic mass is 10.2. The van der Waals surface area contributed by atoms with Gasteiger partial charge in [-0.25, -0.2) is 4.99 Å². The molecular weight excluding hydrogens is 152 g/mol. The fourth-order valence-electron chi connectivity index (χ4n) is 0.947. The third kappa shape index (κ3) is 2.64. The molecule has 1 aliphatic rings. The first kappa shape index (κ1) is 9.23. The summed E-state index contributed by atoms with van der Waals surface area (Å²) in [5.74, 6) is 0.703. The summed E-state index contributed by atoms with van der Waals surface area (Å²) in [5.41, 5.74) is 0.739. The van der Waals surface area contributed by atoms with Crippen LogP contribution in [0.15, 0.2) is 9.98 Å². The minimum Gasteiger partial charge on any atom is -0.471 e. The summed E-state index contributed by atoms with van der Waals surface area (Å²) in [5, 5.41) is 0. The molecule has 0 atom stereocenters. The molecule has 0 aromatic heterocycles. The number of ether oxygens (including phenoxy) is 1. The average Bonchev–Trinajstić information content (AvgIpc) is 1.91. The van der Waals surface area contributed by atoms with Crippen molar-refractivity contribution in [1.29, 1.82) is 0 Å². The molecule has 1 aliphatic heterocycles. The van der Waals surface area contributed by atoms with Crippen LogP contribution in [0.1, 0.15) is 27.7 Å². The quantitative estimate of drug-likeness (QED) is 0.541. The number of nitrogens with zero attached hydrogens (tertiary/aromatic N) is 2. The lowest BCUT2D eigenvalue weighted by molar-refractivity contribution is 0.119. The van der Waals surface area contributed by atoms with Gasteiger partial charge in [0.2, 0.25) is 5.90 Å². The van der Waals surface area contributed by atoms with Gasteiger partial charge in [-0.3, -0.25) is 4.99 Å². The van der Waals surface area contributed by atoms with Crippen molar-refractivity contribution in [2.24, 2.45) is 9.98 Å². The van der Waals surface area contributed by atoms with Gasteiger partial charge in [0.25, 0.3) is 0 Å². The van der Waals surface area contributed by atoms with Crippen molar-refractivity contribution in [1.82, 2.24) is 0 Å². The molecule has 0 amide bonds. The van der Waals surface area contributed by atoms with Gasteiger partial charge in [0.05, 0.1) is 18.8 Å². The normalized spacial score (nSPS) is 18.3. The van der Waals surface area contributed by atoms with E-state index in [1.54, 1.807) is 0 Å². The van der Waals surface area contributed by atoms with Crippen molar-refractivity contribution >= 4 is 11.6 Å². The van der Waals surface area contributed by atoms with E-state index in [0.29, 0.717) is 5.90 Å². The van der Waals surface area contributed by atoms with Crippen LogP contribution in [0, 0.1) is 0 Å². The van der Waals surface area contributed by atoms with Crippen LogP contribution in [0.25, 0.3) is 0 Å². The minimum atomic E-state index is -0.174. The Labute approximate surface area is 73.6 Å². The summed E-state index contributed by atoms with van der Waals surface area (Å²) < 4.78 is 5.61. The lowest BCUT2D eigenvalue weighted by Crippen LogP contribution is -2.30. The van der Waals surface area contributed by atoms with Gasteiger partial charge in [-0.05, 0) is 27.7 Å². The van der Waals surface area contributed by atoms with E-state index < -0.39 is 0 Å². The second-order valence-corrected chi connectivity index (χ2v) is 3.87. The van der Waals surface area contributed by atoms with Gasteiger partial charge in [0, 0.05) is 0 Å². The number of hydrogen-bond acceptors (Lipinski definition) is 3. The van der Waals surface area contributed by atoms with Gasteiger partial charge in [-0.15, -0.1) is 0 Å². The molecule has 1 heterocycles. The first-order chi connectivity index (χ1) is 5.49. The molecule has 3 heteroatoms. The zero-order valence-corrected chi connectivity index (χ0v) is 8.22. The average molecular weight is 168 g/mol. The fraction of sp³-hybridized carbons (Fsp3) is 0.778. The summed E-state index contributed by atoms with van der Waals surface area (Å²) in [4.78, 5) is 8.52. The first-order valence-corrected chi connectivity index (χ1v) is 4.24. The van der Waals surface area contributed by atoms with Crippen LogP contribution in [0.5, 0.6) is 0 Å². The lowest BCUT2D eigenvalue weighted by Gasteiger charge is -2.23. The van der Waals surface area contributed by atoms with Crippen LogP contribution in [0.2, 0.25) is 0 Å². The standard InChI is InChI=1S/C9H16N2O/c1-7-8(11-6-5-10-7)12-9(2,3)4/h5-6H2,1-4H3. The third-order valence-electron chi connectivity index (χ3n) is 1.42. The molecule has 1 rings (SSSR count). The highest BCUT2D eigenvalue weighted by Gasteiger charge is 2.17. The van der Waals surface area contributed by atoms with Gasteiger partial charge in [-0.2, -0.15) is 0 Å². The SMILES string of the molecule is CC1=NCCN=C1OC(C)(C)C. The van der Waals surface area contributed by atoms with Gasteiger partial charge in [0.15, 0.2) is 0 Å². The van der Waals surface area contributed by atoms with E-state index in [4.69, 9.17) is 4.74 Å². The van der Waals surface area contributed by atoms with Crippen LogP contribution in [0.3, 0.4) is 0 Å². The van der Waals surface area contributed by atoms with E-state index in [1.165, 1.54) is 0 Å². The molecular formula is C9H16N2O. The molecule has 0 radical (unpaired) electrons. The predicted octanol–water partition coefficient (Wildman–Crippen LogP) is 1.67. The molecule has 0 spiro atoms. The molecule has 0 N–H and O–H groups in total. The first-order valence-electron chi connectivity index (χ1n) is 4.24. The molecule has 3 nitrogen and oxygen atoms in total. The molecule has 0 unspecified atom stereocenters. The summed E-state index contributed by atoms with van der Waals surface area (Å²) in [7, 11) is 0. The van der Waals surface area contributed by atoms with Gasteiger partial charge in [-0.1, -0.05) is 0 Å². The Morgan fingerprint density at radius 2 is 1.75 bits per heavy atom. The maximum absolute atomic E-state index is 5.61. The summed E-state index contributed by atoms with van der Waals surface area (Å²) in [6.45, 7) is 9.52. The maximum Gasteiger partial charge on any atom is 0.230 e. The summed E-state index contributed by atoms with van der Waals surface area (Å²) in [6, 6.07) is 0. The zero-order chi connectivity index (χ0) is 9.19. The largest absolute Gasteiger partial charge is 0.471 e. The maximum atomic E-state index is 5.61. The molecule has 0 saturated carbocycles. The van der Waals surface area contributed by atoms with Crippen LogP contribution in [-0.2, 0) is 4.74 Å². The highest BCUT2D eigenvalue weighted by Crippen LogP contribution is 2.09. The van der Waals surface area contributed by atoms with E-state index in [1.807, 2.05) is 27.7 Å². The molecule has 12 heavy (non-hydrogen) atoms. The van der Waals surface area contributed by atoms with Crippen LogP contribution in [0.4, 0.5) is 0 Å². The van der Waals surface area contributed by atoms with E-state index in [0.717, 1.165) is 18.8 Å². The minimum absolute atomic E-state index is 0.174. The number of aliphatic imine (C=N–C) groups is 2. The Balaban J connectivity index is 2.64. The Morgan fingerprint density at radius 1 is 1.17 bits per heavy atom.